The molecule has 0 bridgehead atoms. The maximum atomic E-state index is 4.61. The fourth-order valence-corrected chi connectivity index (χ4v) is 2.38. The standard InChI is InChI=1S/C13H23N3/c1-3-4-5-8-12-11-13(14-15(12)2)16-9-6-7-10-16/h11H,3-10H2,1-2H3. The van der Waals surface area contributed by atoms with Crippen LogP contribution in [-0.4, -0.2) is 22.9 Å². The zero-order valence-electron chi connectivity index (χ0n) is 10.6. The molecule has 2 rings (SSSR count). The van der Waals surface area contributed by atoms with Crippen molar-refractivity contribution in [2.45, 2.75) is 45.4 Å². The van der Waals surface area contributed by atoms with Gasteiger partial charge in [-0.25, -0.2) is 0 Å². The fourth-order valence-electron chi connectivity index (χ4n) is 2.38. The summed E-state index contributed by atoms with van der Waals surface area (Å²) >= 11 is 0. The minimum atomic E-state index is 1.17. The minimum absolute atomic E-state index is 1.17. The van der Waals surface area contributed by atoms with Gasteiger partial charge >= 0.3 is 0 Å². The Morgan fingerprint density at radius 3 is 2.69 bits per heavy atom. The molecular formula is C13H23N3. The summed E-state index contributed by atoms with van der Waals surface area (Å²) in [6, 6.07) is 2.28. The van der Waals surface area contributed by atoms with Crippen LogP contribution in [0.25, 0.3) is 0 Å². The van der Waals surface area contributed by atoms with E-state index in [1.807, 2.05) is 0 Å². The summed E-state index contributed by atoms with van der Waals surface area (Å²) in [5, 5.41) is 4.61. The number of aryl methyl sites for hydroxylation is 2. The van der Waals surface area contributed by atoms with Crippen LogP contribution in [0.2, 0.25) is 0 Å². The Morgan fingerprint density at radius 2 is 2.00 bits per heavy atom. The average Bonchev–Trinajstić information content (AvgIpc) is 2.88. The Hall–Kier alpha value is -0.990. The molecule has 3 nitrogen and oxygen atoms in total. The van der Waals surface area contributed by atoms with Gasteiger partial charge in [-0.15, -0.1) is 0 Å². The summed E-state index contributed by atoms with van der Waals surface area (Å²) in [6.07, 6.45) is 7.71. The fraction of sp³-hybridized carbons (Fsp3) is 0.769. The quantitative estimate of drug-likeness (QED) is 0.713. The normalized spacial score (nSPS) is 16.0. The van der Waals surface area contributed by atoms with Gasteiger partial charge in [0.1, 0.15) is 0 Å². The summed E-state index contributed by atoms with van der Waals surface area (Å²) in [4.78, 5) is 2.41. The first-order valence-electron chi connectivity index (χ1n) is 6.59. The second-order valence-electron chi connectivity index (χ2n) is 4.77. The number of aromatic nitrogens is 2. The van der Waals surface area contributed by atoms with Crippen molar-refractivity contribution in [1.82, 2.24) is 9.78 Å². The topological polar surface area (TPSA) is 21.1 Å². The summed E-state index contributed by atoms with van der Waals surface area (Å²) < 4.78 is 2.06. The van der Waals surface area contributed by atoms with Crippen LogP contribution in [0.1, 0.15) is 44.7 Å². The van der Waals surface area contributed by atoms with E-state index in [4.69, 9.17) is 0 Å². The molecule has 1 aromatic heterocycles. The van der Waals surface area contributed by atoms with Crippen LogP contribution in [0, 0.1) is 0 Å². The predicted octanol–water partition coefficient (Wildman–Crippen LogP) is 2.75. The van der Waals surface area contributed by atoms with Gasteiger partial charge in [0.25, 0.3) is 0 Å². The second-order valence-corrected chi connectivity index (χ2v) is 4.77. The molecule has 3 heteroatoms. The van der Waals surface area contributed by atoms with E-state index < -0.39 is 0 Å². The molecule has 1 saturated heterocycles. The van der Waals surface area contributed by atoms with Gasteiger partial charge in [0.15, 0.2) is 5.82 Å². The molecule has 0 radical (unpaired) electrons. The predicted molar refractivity (Wildman–Crippen MR) is 67.9 cm³/mol. The van der Waals surface area contributed by atoms with E-state index in [9.17, 15) is 0 Å². The highest BCUT2D eigenvalue weighted by atomic mass is 15.3. The highest BCUT2D eigenvalue weighted by Crippen LogP contribution is 2.20. The lowest BCUT2D eigenvalue weighted by atomic mass is 10.1. The van der Waals surface area contributed by atoms with Crippen molar-refractivity contribution in [3.63, 3.8) is 0 Å². The van der Waals surface area contributed by atoms with Crippen molar-refractivity contribution in [2.75, 3.05) is 18.0 Å². The van der Waals surface area contributed by atoms with Crippen molar-refractivity contribution in [2.24, 2.45) is 7.05 Å². The Labute approximate surface area is 98.4 Å². The van der Waals surface area contributed by atoms with Crippen molar-refractivity contribution >= 4 is 5.82 Å². The number of rotatable bonds is 5. The third kappa shape index (κ3) is 2.57. The first kappa shape index (κ1) is 11.5. The third-order valence-electron chi connectivity index (χ3n) is 3.43. The zero-order chi connectivity index (χ0) is 11.4. The third-order valence-corrected chi connectivity index (χ3v) is 3.43. The lowest BCUT2D eigenvalue weighted by Gasteiger charge is -2.12. The average molecular weight is 221 g/mol. The molecule has 1 aliphatic heterocycles. The monoisotopic (exact) mass is 221 g/mol. The molecule has 0 saturated carbocycles. The van der Waals surface area contributed by atoms with E-state index in [0.29, 0.717) is 0 Å². The smallest absolute Gasteiger partial charge is 0.150 e. The zero-order valence-corrected chi connectivity index (χ0v) is 10.6. The van der Waals surface area contributed by atoms with E-state index in [0.717, 1.165) is 0 Å². The Bertz CT molecular complexity index is 324. The van der Waals surface area contributed by atoms with Gasteiger partial charge in [0, 0.05) is 31.9 Å². The van der Waals surface area contributed by atoms with Crippen LogP contribution in [0.3, 0.4) is 0 Å². The summed E-state index contributed by atoms with van der Waals surface area (Å²) in [5.74, 6) is 1.19. The molecule has 0 atom stereocenters. The Kier molecular flexibility index (Phi) is 3.86. The molecule has 0 unspecified atom stereocenters. The number of hydrogen-bond acceptors (Lipinski definition) is 2. The Balaban J connectivity index is 1.97. The van der Waals surface area contributed by atoms with Crippen LogP contribution >= 0.6 is 0 Å². The van der Waals surface area contributed by atoms with Gasteiger partial charge < -0.3 is 4.90 Å². The van der Waals surface area contributed by atoms with Gasteiger partial charge in [0.2, 0.25) is 0 Å². The van der Waals surface area contributed by atoms with Crippen LogP contribution in [0.15, 0.2) is 6.07 Å². The molecule has 0 amide bonds. The molecule has 1 fully saturated rings. The van der Waals surface area contributed by atoms with Gasteiger partial charge in [0.05, 0.1) is 0 Å². The van der Waals surface area contributed by atoms with Crippen LogP contribution in [0.4, 0.5) is 5.82 Å². The number of nitrogens with zero attached hydrogens (tertiary/aromatic N) is 3. The van der Waals surface area contributed by atoms with Gasteiger partial charge in [-0.1, -0.05) is 19.8 Å². The van der Waals surface area contributed by atoms with Crippen molar-refractivity contribution in [1.29, 1.82) is 0 Å². The first-order chi connectivity index (χ1) is 7.81. The largest absolute Gasteiger partial charge is 0.355 e. The van der Waals surface area contributed by atoms with E-state index in [1.165, 1.54) is 63.1 Å². The van der Waals surface area contributed by atoms with Gasteiger partial charge in [-0.3, -0.25) is 4.68 Å². The lowest BCUT2D eigenvalue weighted by Crippen LogP contribution is -2.18. The van der Waals surface area contributed by atoms with E-state index in [1.54, 1.807) is 0 Å². The summed E-state index contributed by atoms with van der Waals surface area (Å²) in [5.41, 5.74) is 1.38. The van der Waals surface area contributed by atoms with Crippen molar-refractivity contribution in [3.8, 4) is 0 Å². The van der Waals surface area contributed by atoms with Gasteiger partial charge in [-0.2, -0.15) is 5.10 Å². The Morgan fingerprint density at radius 1 is 1.25 bits per heavy atom. The van der Waals surface area contributed by atoms with E-state index >= 15 is 0 Å². The highest BCUT2D eigenvalue weighted by molar-refractivity contribution is 5.40. The maximum Gasteiger partial charge on any atom is 0.150 e. The summed E-state index contributed by atoms with van der Waals surface area (Å²) in [7, 11) is 2.07. The molecular weight excluding hydrogens is 198 g/mol. The van der Waals surface area contributed by atoms with Crippen LogP contribution in [-0.2, 0) is 13.5 Å². The first-order valence-corrected chi connectivity index (χ1v) is 6.59. The molecule has 2 heterocycles. The molecule has 0 spiro atoms. The van der Waals surface area contributed by atoms with Crippen molar-refractivity contribution < 1.29 is 0 Å². The van der Waals surface area contributed by atoms with Crippen LogP contribution in [0.5, 0.6) is 0 Å². The van der Waals surface area contributed by atoms with Gasteiger partial charge in [-0.05, 0) is 25.7 Å². The number of anilines is 1. The molecule has 1 aromatic rings. The second kappa shape index (κ2) is 5.37. The molecule has 16 heavy (non-hydrogen) atoms. The maximum absolute atomic E-state index is 4.61. The van der Waals surface area contributed by atoms with E-state index in [2.05, 4.69) is 34.7 Å². The van der Waals surface area contributed by atoms with E-state index in [-0.39, 0.29) is 0 Å². The van der Waals surface area contributed by atoms with Crippen LogP contribution < -0.4 is 4.90 Å². The molecule has 90 valence electrons. The molecule has 1 aliphatic rings. The summed E-state index contributed by atoms with van der Waals surface area (Å²) in [6.45, 7) is 4.62. The number of unbranched alkanes of at least 4 members (excludes halogenated alkanes) is 2. The minimum Gasteiger partial charge on any atom is -0.355 e. The lowest BCUT2D eigenvalue weighted by molar-refractivity contribution is 0.652. The van der Waals surface area contributed by atoms with Crippen molar-refractivity contribution in [3.05, 3.63) is 11.8 Å². The molecule has 0 aromatic carbocycles. The SMILES string of the molecule is CCCCCc1cc(N2CCCC2)nn1C. The molecule has 0 aliphatic carbocycles. The number of hydrogen-bond donors (Lipinski definition) is 0. The molecule has 0 N–H and O–H groups in total. The highest BCUT2D eigenvalue weighted by Gasteiger charge is 2.16.